The van der Waals surface area contributed by atoms with Crippen LogP contribution < -0.4 is 0 Å². The summed E-state index contributed by atoms with van der Waals surface area (Å²) in [7, 11) is 0. The summed E-state index contributed by atoms with van der Waals surface area (Å²) in [5, 5.41) is 31.9. The number of oxime groups is 1. The molecule has 0 radical (unpaired) electrons. The average molecular weight is 278 g/mol. The van der Waals surface area contributed by atoms with E-state index < -0.39 is 0 Å². The highest BCUT2D eigenvalue weighted by Gasteiger charge is 2.11. The Balaban J connectivity index is 2.28. The summed E-state index contributed by atoms with van der Waals surface area (Å²) in [5.41, 5.74) is 1.57. The molecule has 98 valence electrons. The zero-order chi connectivity index (χ0) is 13.8. The lowest BCUT2D eigenvalue weighted by molar-refractivity contribution is 0.318. The lowest BCUT2D eigenvalue weighted by atomic mass is 10.0. The van der Waals surface area contributed by atoms with Crippen LogP contribution in [0.5, 0.6) is 11.5 Å². The molecular weight excluding hydrogens is 266 g/mol. The Bertz CT molecular complexity index is 609. The van der Waals surface area contributed by atoms with Gasteiger partial charge in [0.15, 0.2) is 0 Å². The number of benzene rings is 2. The van der Waals surface area contributed by atoms with Crippen LogP contribution in [0.25, 0.3) is 0 Å². The molecule has 19 heavy (non-hydrogen) atoms. The molecule has 2 aromatic rings. The Morgan fingerprint density at radius 3 is 2.32 bits per heavy atom. The summed E-state index contributed by atoms with van der Waals surface area (Å²) < 4.78 is 0. The lowest BCUT2D eigenvalue weighted by Gasteiger charge is -2.07. The fourth-order valence-electron chi connectivity index (χ4n) is 1.74. The largest absolute Gasteiger partial charge is 0.508 e. The molecule has 0 amide bonds. The predicted octanol–water partition coefficient (Wildman–Crippen LogP) is 3.17. The third-order valence-corrected chi connectivity index (χ3v) is 2.95. The van der Waals surface area contributed by atoms with Crippen LogP contribution in [-0.4, -0.2) is 21.1 Å². The molecule has 0 aromatic heterocycles. The number of phenols is 2. The zero-order valence-corrected chi connectivity index (χ0v) is 10.7. The van der Waals surface area contributed by atoms with Crippen molar-refractivity contribution in [3.63, 3.8) is 0 Å². The zero-order valence-electron chi connectivity index (χ0n) is 9.92. The second-order valence-corrected chi connectivity index (χ2v) is 4.49. The van der Waals surface area contributed by atoms with E-state index in [4.69, 9.17) is 16.8 Å². The molecule has 0 bridgehead atoms. The van der Waals surface area contributed by atoms with Gasteiger partial charge in [-0.05, 0) is 29.8 Å². The van der Waals surface area contributed by atoms with Crippen LogP contribution in [0.1, 0.15) is 11.1 Å². The molecule has 0 saturated carbocycles. The minimum Gasteiger partial charge on any atom is -0.508 e. The smallest absolute Gasteiger partial charge is 0.128 e. The first kappa shape index (κ1) is 13.2. The van der Waals surface area contributed by atoms with E-state index in [1.165, 1.54) is 18.2 Å². The quantitative estimate of drug-likeness (QED) is 0.458. The Morgan fingerprint density at radius 1 is 1.05 bits per heavy atom. The number of hydrogen-bond acceptors (Lipinski definition) is 4. The first-order valence-corrected chi connectivity index (χ1v) is 5.95. The van der Waals surface area contributed by atoms with Gasteiger partial charge >= 0.3 is 0 Å². The van der Waals surface area contributed by atoms with Crippen LogP contribution >= 0.6 is 11.6 Å². The maximum atomic E-state index is 9.74. The SMILES string of the molecule is O/N=C(/Cc1ccc(Cl)cc1)c1ccc(O)cc1O. The molecule has 2 aromatic carbocycles. The van der Waals surface area contributed by atoms with Crippen molar-refractivity contribution in [1.29, 1.82) is 0 Å². The Kier molecular flexibility index (Phi) is 3.92. The van der Waals surface area contributed by atoms with Crippen LogP contribution in [0.3, 0.4) is 0 Å². The molecule has 0 unspecified atom stereocenters. The normalized spacial score (nSPS) is 11.5. The molecule has 0 fully saturated rings. The minimum absolute atomic E-state index is 0.0509. The van der Waals surface area contributed by atoms with Crippen LogP contribution in [0.4, 0.5) is 0 Å². The van der Waals surface area contributed by atoms with E-state index in [0.717, 1.165) is 5.56 Å². The first-order chi connectivity index (χ1) is 9.10. The molecule has 3 N–H and O–H groups in total. The minimum atomic E-state index is -0.137. The first-order valence-electron chi connectivity index (χ1n) is 5.58. The topological polar surface area (TPSA) is 73.1 Å². The summed E-state index contributed by atoms with van der Waals surface area (Å²) in [6.07, 6.45) is 0.339. The van der Waals surface area contributed by atoms with Crippen molar-refractivity contribution in [2.45, 2.75) is 6.42 Å². The van der Waals surface area contributed by atoms with Crippen LogP contribution in [0, 0.1) is 0 Å². The highest BCUT2D eigenvalue weighted by molar-refractivity contribution is 6.30. The van der Waals surface area contributed by atoms with Gasteiger partial charge in [-0.2, -0.15) is 0 Å². The van der Waals surface area contributed by atoms with Gasteiger partial charge in [-0.3, -0.25) is 0 Å². The lowest BCUT2D eigenvalue weighted by Crippen LogP contribution is -2.05. The second kappa shape index (κ2) is 5.63. The Morgan fingerprint density at radius 2 is 1.74 bits per heavy atom. The van der Waals surface area contributed by atoms with Gasteiger partial charge in [0.25, 0.3) is 0 Å². The standard InChI is InChI=1S/C14H12ClNO3/c15-10-3-1-9(2-4-10)7-13(16-19)12-6-5-11(17)8-14(12)18/h1-6,8,17-19H,7H2/b16-13-. The fraction of sp³-hybridized carbons (Fsp3) is 0.0714. The summed E-state index contributed by atoms with van der Waals surface area (Å²) in [5.74, 6) is -0.188. The third-order valence-electron chi connectivity index (χ3n) is 2.70. The van der Waals surface area contributed by atoms with Crippen LogP contribution in [-0.2, 0) is 6.42 Å². The van der Waals surface area contributed by atoms with E-state index in [-0.39, 0.29) is 11.5 Å². The van der Waals surface area contributed by atoms with Gasteiger partial charge in [-0.15, -0.1) is 0 Å². The summed E-state index contributed by atoms with van der Waals surface area (Å²) in [6.45, 7) is 0. The van der Waals surface area contributed by atoms with Gasteiger partial charge in [0.2, 0.25) is 0 Å². The average Bonchev–Trinajstić information content (AvgIpc) is 2.39. The molecule has 0 atom stereocenters. The van der Waals surface area contributed by atoms with Crippen molar-refractivity contribution < 1.29 is 15.4 Å². The molecule has 2 rings (SSSR count). The van der Waals surface area contributed by atoms with E-state index in [0.29, 0.717) is 22.7 Å². The van der Waals surface area contributed by atoms with Crippen molar-refractivity contribution in [2.24, 2.45) is 5.16 Å². The van der Waals surface area contributed by atoms with Crippen molar-refractivity contribution in [1.82, 2.24) is 0 Å². The van der Waals surface area contributed by atoms with Gasteiger partial charge in [0.1, 0.15) is 11.5 Å². The summed E-state index contributed by atoms with van der Waals surface area (Å²) in [4.78, 5) is 0. The molecule has 0 saturated heterocycles. The van der Waals surface area contributed by atoms with Crippen molar-refractivity contribution in [2.75, 3.05) is 0 Å². The van der Waals surface area contributed by atoms with Gasteiger partial charge in [-0.25, -0.2) is 0 Å². The number of rotatable bonds is 3. The second-order valence-electron chi connectivity index (χ2n) is 4.05. The maximum absolute atomic E-state index is 9.74. The van der Waals surface area contributed by atoms with Gasteiger partial charge < -0.3 is 15.4 Å². The van der Waals surface area contributed by atoms with Gasteiger partial charge in [0.05, 0.1) is 5.71 Å². The van der Waals surface area contributed by atoms with Gasteiger partial charge in [0, 0.05) is 23.1 Å². The molecular formula is C14H12ClNO3. The molecule has 0 aliphatic rings. The van der Waals surface area contributed by atoms with Crippen molar-refractivity contribution in [3.8, 4) is 11.5 Å². The van der Waals surface area contributed by atoms with Crippen molar-refractivity contribution in [3.05, 3.63) is 58.6 Å². The summed E-state index contributed by atoms with van der Waals surface area (Å²) in [6, 6.07) is 11.2. The van der Waals surface area contributed by atoms with Crippen LogP contribution in [0.2, 0.25) is 5.02 Å². The van der Waals surface area contributed by atoms with E-state index >= 15 is 0 Å². The number of nitrogens with zero attached hydrogens (tertiary/aromatic N) is 1. The summed E-state index contributed by atoms with van der Waals surface area (Å²) >= 11 is 5.79. The third kappa shape index (κ3) is 3.17. The van der Waals surface area contributed by atoms with E-state index in [1.807, 2.05) is 12.1 Å². The molecule has 5 heteroatoms. The molecule has 0 aliphatic heterocycles. The number of hydrogen-bond donors (Lipinski definition) is 3. The molecule has 0 spiro atoms. The van der Waals surface area contributed by atoms with Gasteiger partial charge in [-0.1, -0.05) is 28.9 Å². The number of phenolic OH excluding ortho intramolecular Hbond substituents is 2. The van der Waals surface area contributed by atoms with Crippen LogP contribution in [0.15, 0.2) is 47.6 Å². The maximum Gasteiger partial charge on any atom is 0.128 e. The van der Waals surface area contributed by atoms with E-state index in [2.05, 4.69) is 5.16 Å². The van der Waals surface area contributed by atoms with E-state index in [9.17, 15) is 10.2 Å². The number of halogens is 1. The number of aromatic hydroxyl groups is 2. The molecule has 4 nitrogen and oxygen atoms in total. The Labute approximate surface area is 115 Å². The predicted molar refractivity (Wildman–Crippen MR) is 73.3 cm³/mol. The monoisotopic (exact) mass is 277 g/mol. The molecule has 0 heterocycles. The van der Waals surface area contributed by atoms with E-state index in [1.54, 1.807) is 12.1 Å². The highest BCUT2D eigenvalue weighted by atomic mass is 35.5. The fourth-order valence-corrected chi connectivity index (χ4v) is 1.87. The van der Waals surface area contributed by atoms with Crippen molar-refractivity contribution >= 4 is 17.3 Å². The molecule has 0 aliphatic carbocycles. The highest BCUT2D eigenvalue weighted by Crippen LogP contribution is 2.24. The Hall–Kier alpha value is -2.20.